The summed E-state index contributed by atoms with van der Waals surface area (Å²) in [7, 11) is 0. The van der Waals surface area contributed by atoms with Crippen LogP contribution in [0.1, 0.15) is 32.3 Å². The zero-order chi connectivity index (χ0) is 15.4. The van der Waals surface area contributed by atoms with Gasteiger partial charge in [0.1, 0.15) is 0 Å². The summed E-state index contributed by atoms with van der Waals surface area (Å²) >= 11 is 12.0. The van der Waals surface area contributed by atoms with Crippen molar-refractivity contribution in [3.05, 3.63) is 33.8 Å². The molecule has 0 radical (unpaired) electrons. The third kappa shape index (κ3) is 5.02. The molecule has 3 nitrogen and oxygen atoms in total. The molecule has 2 rings (SSSR count). The van der Waals surface area contributed by atoms with E-state index in [-0.39, 0.29) is 30.3 Å². The molecule has 1 fully saturated rings. The fraction of sp³-hybridized carbons (Fsp3) is 0.562. The standard InChI is InChI=1S/C16H22Cl2N2O.ClH/c1-11(2)20(16(21)13-4-3-7-19-9-13)10-12-5-6-14(17)15(18)8-12;/h5-6,8,11,13,19H,3-4,7,9-10H2,1-2H3;1H/t13-;/m1./s1. The van der Waals surface area contributed by atoms with Crippen molar-refractivity contribution in [2.45, 2.75) is 39.3 Å². The second-order valence-corrected chi connectivity index (χ2v) is 6.67. The minimum absolute atomic E-state index is 0. The molecule has 0 aromatic heterocycles. The lowest BCUT2D eigenvalue weighted by Gasteiger charge is -2.32. The number of benzene rings is 1. The lowest BCUT2D eigenvalue weighted by atomic mass is 9.97. The van der Waals surface area contributed by atoms with Crippen molar-refractivity contribution < 1.29 is 4.79 Å². The van der Waals surface area contributed by atoms with Crippen molar-refractivity contribution in [3.63, 3.8) is 0 Å². The molecule has 1 aliphatic rings. The lowest BCUT2D eigenvalue weighted by Crippen LogP contribution is -2.45. The molecular formula is C16H23Cl3N2O. The molecule has 0 saturated carbocycles. The molecule has 1 N–H and O–H groups in total. The molecule has 1 aromatic rings. The summed E-state index contributed by atoms with van der Waals surface area (Å²) in [5.41, 5.74) is 1.01. The molecule has 0 aliphatic carbocycles. The predicted octanol–water partition coefficient (Wildman–Crippen LogP) is 4.15. The van der Waals surface area contributed by atoms with E-state index in [1.165, 1.54) is 0 Å². The molecule has 0 unspecified atom stereocenters. The van der Waals surface area contributed by atoms with E-state index in [1.54, 1.807) is 6.07 Å². The van der Waals surface area contributed by atoms with Crippen LogP contribution in [0.4, 0.5) is 0 Å². The van der Waals surface area contributed by atoms with Gasteiger partial charge < -0.3 is 10.2 Å². The molecular weight excluding hydrogens is 343 g/mol. The van der Waals surface area contributed by atoms with Crippen LogP contribution < -0.4 is 5.32 Å². The van der Waals surface area contributed by atoms with Gasteiger partial charge in [-0.05, 0) is 50.9 Å². The van der Waals surface area contributed by atoms with Gasteiger partial charge in [-0.1, -0.05) is 29.3 Å². The number of nitrogens with one attached hydrogen (secondary N) is 1. The summed E-state index contributed by atoms with van der Waals surface area (Å²) in [6.07, 6.45) is 2.03. The number of amides is 1. The first-order valence-corrected chi connectivity index (χ1v) is 8.19. The molecule has 0 spiro atoms. The van der Waals surface area contributed by atoms with Crippen molar-refractivity contribution in [1.29, 1.82) is 0 Å². The van der Waals surface area contributed by atoms with Crippen molar-refractivity contribution in [2.75, 3.05) is 13.1 Å². The monoisotopic (exact) mass is 364 g/mol. The van der Waals surface area contributed by atoms with Gasteiger partial charge in [-0.3, -0.25) is 4.79 Å². The van der Waals surface area contributed by atoms with E-state index >= 15 is 0 Å². The highest BCUT2D eigenvalue weighted by Crippen LogP contribution is 2.24. The van der Waals surface area contributed by atoms with Crippen molar-refractivity contribution in [1.82, 2.24) is 10.2 Å². The Morgan fingerprint density at radius 1 is 1.36 bits per heavy atom. The third-order valence-corrected chi connectivity index (χ3v) is 4.63. The minimum Gasteiger partial charge on any atom is -0.336 e. The van der Waals surface area contributed by atoms with E-state index in [0.717, 1.165) is 31.5 Å². The van der Waals surface area contributed by atoms with Gasteiger partial charge in [0, 0.05) is 19.1 Å². The van der Waals surface area contributed by atoms with Gasteiger partial charge >= 0.3 is 0 Å². The van der Waals surface area contributed by atoms with Crippen LogP contribution in [0.3, 0.4) is 0 Å². The average molecular weight is 366 g/mol. The number of piperidine rings is 1. The van der Waals surface area contributed by atoms with E-state index in [9.17, 15) is 4.79 Å². The van der Waals surface area contributed by atoms with Crippen LogP contribution in [0.5, 0.6) is 0 Å². The van der Waals surface area contributed by atoms with Crippen LogP contribution in [0.2, 0.25) is 10.0 Å². The van der Waals surface area contributed by atoms with Crippen LogP contribution in [-0.2, 0) is 11.3 Å². The van der Waals surface area contributed by atoms with Crippen LogP contribution in [0, 0.1) is 5.92 Å². The SMILES string of the molecule is CC(C)N(Cc1ccc(Cl)c(Cl)c1)C(=O)[C@@H]1CCCNC1.Cl. The molecule has 1 saturated heterocycles. The third-order valence-electron chi connectivity index (χ3n) is 3.89. The second kappa shape index (κ2) is 8.97. The fourth-order valence-corrected chi connectivity index (χ4v) is 2.97. The molecule has 1 aromatic carbocycles. The summed E-state index contributed by atoms with van der Waals surface area (Å²) in [6.45, 7) is 6.46. The Balaban J connectivity index is 0.00000242. The number of hydrogen-bond acceptors (Lipinski definition) is 2. The number of carbonyl (C=O) groups is 1. The number of hydrogen-bond donors (Lipinski definition) is 1. The molecule has 22 heavy (non-hydrogen) atoms. The number of carbonyl (C=O) groups excluding carboxylic acids is 1. The topological polar surface area (TPSA) is 32.3 Å². The largest absolute Gasteiger partial charge is 0.336 e. The number of rotatable bonds is 4. The highest BCUT2D eigenvalue weighted by Gasteiger charge is 2.27. The van der Waals surface area contributed by atoms with Gasteiger partial charge in [-0.15, -0.1) is 12.4 Å². The molecule has 1 amide bonds. The summed E-state index contributed by atoms with van der Waals surface area (Å²) < 4.78 is 0. The smallest absolute Gasteiger partial charge is 0.227 e. The highest BCUT2D eigenvalue weighted by molar-refractivity contribution is 6.42. The Morgan fingerprint density at radius 2 is 2.09 bits per heavy atom. The maximum Gasteiger partial charge on any atom is 0.227 e. The first kappa shape index (κ1) is 19.6. The van der Waals surface area contributed by atoms with Crippen molar-refractivity contribution in [3.8, 4) is 0 Å². The Hall–Kier alpha value is -0.480. The number of nitrogens with zero attached hydrogens (tertiary/aromatic N) is 1. The predicted molar refractivity (Wildman–Crippen MR) is 95.0 cm³/mol. The zero-order valence-electron chi connectivity index (χ0n) is 12.9. The Labute approximate surface area is 148 Å². The van der Waals surface area contributed by atoms with Crippen LogP contribution in [0.25, 0.3) is 0 Å². The van der Waals surface area contributed by atoms with Gasteiger partial charge in [0.2, 0.25) is 5.91 Å². The first-order chi connectivity index (χ1) is 9.99. The van der Waals surface area contributed by atoms with Crippen LogP contribution in [0.15, 0.2) is 18.2 Å². The number of halogens is 3. The maximum atomic E-state index is 12.7. The summed E-state index contributed by atoms with van der Waals surface area (Å²) in [5, 5.41) is 4.38. The quantitative estimate of drug-likeness (QED) is 0.869. The zero-order valence-corrected chi connectivity index (χ0v) is 15.3. The van der Waals surface area contributed by atoms with E-state index in [2.05, 4.69) is 5.32 Å². The molecule has 1 aliphatic heterocycles. The van der Waals surface area contributed by atoms with E-state index in [4.69, 9.17) is 23.2 Å². The minimum atomic E-state index is 0. The molecule has 1 atom stereocenters. The second-order valence-electron chi connectivity index (χ2n) is 5.85. The van der Waals surface area contributed by atoms with Gasteiger partial charge in [0.05, 0.1) is 16.0 Å². The average Bonchev–Trinajstić information content (AvgIpc) is 2.48. The Morgan fingerprint density at radius 3 is 2.64 bits per heavy atom. The van der Waals surface area contributed by atoms with Crippen LogP contribution >= 0.6 is 35.6 Å². The summed E-state index contributed by atoms with van der Waals surface area (Å²) in [4.78, 5) is 14.7. The van der Waals surface area contributed by atoms with Crippen LogP contribution in [-0.4, -0.2) is 29.9 Å². The summed E-state index contributed by atoms with van der Waals surface area (Å²) in [5.74, 6) is 0.312. The molecule has 124 valence electrons. The van der Waals surface area contributed by atoms with Crippen molar-refractivity contribution >= 4 is 41.5 Å². The Kier molecular flexibility index (Phi) is 7.98. The Bertz CT molecular complexity index is 502. The van der Waals surface area contributed by atoms with Gasteiger partial charge in [0.25, 0.3) is 0 Å². The summed E-state index contributed by atoms with van der Waals surface area (Å²) in [6, 6.07) is 5.71. The first-order valence-electron chi connectivity index (χ1n) is 7.44. The van der Waals surface area contributed by atoms with E-state index < -0.39 is 0 Å². The highest BCUT2D eigenvalue weighted by atomic mass is 35.5. The van der Waals surface area contributed by atoms with E-state index in [1.807, 2.05) is 30.9 Å². The van der Waals surface area contributed by atoms with Gasteiger partial charge in [-0.25, -0.2) is 0 Å². The maximum absolute atomic E-state index is 12.7. The fourth-order valence-electron chi connectivity index (χ4n) is 2.65. The normalized spacial score (nSPS) is 18.0. The molecule has 0 bridgehead atoms. The van der Waals surface area contributed by atoms with E-state index in [0.29, 0.717) is 16.6 Å². The van der Waals surface area contributed by atoms with Gasteiger partial charge in [-0.2, -0.15) is 0 Å². The molecule has 6 heteroatoms. The van der Waals surface area contributed by atoms with Gasteiger partial charge in [0.15, 0.2) is 0 Å². The molecule has 1 heterocycles. The lowest BCUT2D eigenvalue weighted by molar-refractivity contribution is -0.138. The van der Waals surface area contributed by atoms with Crippen molar-refractivity contribution in [2.24, 2.45) is 5.92 Å².